The molecule has 0 unspecified atom stereocenters. The van der Waals surface area contributed by atoms with Crippen molar-refractivity contribution in [3.05, 3.63) is 27.4 Å². The van der Waals surface area contributed by atoms with Crippen LogP contribution >= 0.6 is 0 Å². The second-order valence-corrected chi connectivity index (χ2v) is 9.19. The summed E-state index contributed by atoms with van der Waals surface area (Å²) in [6, 6.07) is -0.149. The van der Waals surface area contributed by atoms with E-state index in [1.165, 1.54) is 0 Å². The van der Waals surface area contributed by atoms with Crippen molar-refractivity contribution in [2.45, 2.75) is 76.8 Å². The zero-order valence-corrected chi connectivity index (χ0v) is 17.0. The Morgan fingerprint density at radius 1 is 0.897 bits per heavy atom. The van der Waals surface area contributed by atoms with Gasteiger partial charge in [0, 0.05) is 30.5 Å². The van der Waals surface area contributed by atoms with Crippen molar-refractivity contribution in [3.63, 3.8) is 0 Å². The number of nitrogens with zero attached hydrogens (tertiary/aromatic N) is 3. The number of hydrogen-bond acceptors (Lipinski definition) is 4. The average Bonchev–Trinajstić information content (AvgIpc) is 3.46. The minimum absolute atomic E-state index is 0.0950. The lowest BCUT2D eigenvalue weighted by atomic mass is 9.97. The van der Waals surface area contributed by atoms with E-state index in [-0.39, 0.29) is 35.3 Å². The summed E-state index contributed by atoms with van der Waals surface area (Å²) < 4.78 is 0. The van der Waals surface area contributed by atoms with Crippen LogP contribution in [0.15, 0.2) is 4.79 Å². The first-order valence-corrected chi connectivity index (χ1v) is 11.3. The zero-order valence-electron chi connectivity index (χ0n) is 17.0. The number of aromatic amines is 1. The van der Waals surface area contributed by atoms with Gasteiger partial charge in [-0.05, 0) is 51.4 Å². The number of carbonyl (C=O) groups excluding carboxylic acids is 2. The third-order valence-electron chi connectivity index (χ3n) is 7.14. The molecule has 2 saturated carbocycles. The Labute approximate surface area is 170 Å². The monoisotopic (exact) mass is 398 g/mol. The van der Waals surface area contributed by atoms with Crippen LogP contribution < -0.4 is 5.56 Å². The van der Waals surface area contributed by atoms with Gasteiger partial charge in [-0.25, -0.2) is 4.98 Å². The summed E-state index contributed by atoms with van der Waals surface area (Å²) in [4.78, 5) is 50.1. The van der Waals surface area contributed by atoms with Crippen molar-refractivity contribution in [3.8, 4) is 0 Å². The minimum Gasteiger partial charge on any atom is -0.336 e. The molecule has 1 aromatic rings. The Hall–Kier alpha value is -2.18. The fraction of sp³-hybridized carbons (Fsp3) is 0.727. The van der Waals surface area contributed by atoms with Gasteiger partial charge in [-0.1, -0.05) is 12.8 Å². The largest absolute Gasteiger partial charge is 0.336 e. The third kappa shape index (κ3) is 3.60. The normalized spacial score (nSPS) is 25.2. The van der Waals surface area contributed by atoms with Crippen LogP contribution in [0.2, 0.25) is 0 Å². The molecule has 4 aliphatic rings. The predicted molar refractivity (Wildman–Crippen MR) is 107 cm³/mol. The standard InChI is InChI=1S/C22H30N4O3/c27-20-16-10-12-25(21(28)15-8-9-15)13-17(16)23-19(24-20)18-7-3-4-11-26(18)22(29)14-5-1-2-6-14/h14-15,18H,1-13H2,(H,23,24,27)/t18-/m0/s1. The summed E-state index contributed by atoms with van der Waals surface area (Å²) in [5.41, 5.74) is 1.34. The summed E-state index contributed by atoms with van der Waals surface area (Å²) >= 11 is 0. The lowest BCUT2D eigenvalue weighted by Gasteiger charge is -2.37. The Morgan fingerprint density at radius 3 is 2.38 bits per heavy atom. The molecule has 2 amide bonds. The summed E-state index contributed by atoms with van der Waals surface area (Å²) in [6.45, 7) is 1.76. The van der Waals surface area contributed by atoms with E-state index in [4.69, 9.17) is 4.98 Å². The molecule has 7 heteroatoms. The van der Waals surface area contributed by atoms with E-state index in [1.54, 1.807) is 0 Å². The predicted octanol–water partition coefficient (Wildman–Crippen LogP) is 2.31. The van der Waals surface area contributed by atoms with Crippen molar-refractivity contribution in [2.75, 3.05) is 13.1 Å². The van der Waals surface area contributed by atoms with Gasteiger partial charge in [0.2, 0.25) is 11.8 Å². The Morgan fingerprint density at radius 2 is 1.62 bits per heavy atom. The first-order chi connectivity index (χ1) is 14.1. The topological polar surface area (TPSA) is 86.4 Å². The highest BCUT2D eigenvalue weighted by Crippen LogP contribution is 2.35. The van der Waals surface area contributed by atoms with Gasteiger partial charge >= 0.3 is 0 Å². The molecule has 156 valence electrons. The van der Waals surface area contributed by atoms with E-state index < -0.39 is 0 Å². The second-order valence-electron chi connectivity index (χ2n) is 9.19. The fourth-order valence-electron chi connectivity index (χ4n) is 5.28. The Kier molecular flexibility index (Phi) is 4.92. The molecule has 7 nitrogen and oxygen atoms in total. The van der Waals surface area contributed by atoms with Gasteiger partial charge < -0.3 is 14.8 Å². The van der Waals surface area contributed by atoms with Crippen LogP contribution in [-0.4, -0.2) is 44.7 Å². The maximum Gasteiger partial charge on any atom is 0.254 e. The SMILES string of the molecule is O=C(C1CC1)N1CCc2c(nc([C@@H]3CCCCN3C(=O)C3CCCC3)[nH]c2=O)C1. The van der Waals surface area contributed by atoms with Gasteiger partial charge in [0.1, 0.15) is 5.82 Å². The molecule has 29 heavy (non-hydrogen) atoms. The molecule has 1 saturated heterocycles. The van der Waals surface area contributed by atoms with Crippen LogP contribution in [0.25, 0.3) is 0 Å². The maximum atomic E-state index is 13.1. The smallest absolute Gasteiger partial charge is 0.254 e. The highest BCUT2D eigenvalue weighted by molar-refractivity contribution is 5.81. The first-order valence-electron chi connectivity index (χ1n) is 11.3. The minimum atomic E-state index is -0.149. The number of hydrogen-bond donors (Lipinski definition) is 1. The lowest BCUT2D eigenvalue weighted by molar-refractivity contribution is -0.139. The number of rotatable bonds is 3. The van der Waals surface area contributed by atoms with Gasteiger partial charge in [0.25, 0.3) is 5.56 Å². The molecule has 0 aromatic carbocycles. The van der Waals surface area contributed by atoms with E-state index in [0.29, 0.717) is 30.9 Å². The van der Waals surface area contributed by atoms with Crippen LogP contribution in [0.4, 0.5) is 0 Å². The van der Waals surface area contributed by atoms with Crippen molar-refractivity contribution < 1.29 is 9.59 Å². The second kappa shape index (κ2) is 7.58. The Balaban J connectivity index is 1.41. The number of piperidine rings is 1. The van der Waals surface area contributed by atoms with Gasteiger partial charge in [-0.3, -0.25) is 14.4 Å². The summed E-state index contributed by atoms with van der Waals surface area (Å²) in [5.74, 6) is 1.36. The van der Waals surface area contributed by atoms with Gasteiger partial charge in [0.05, 0.1) is 18.3 Å². The van der Waals surface area contributed by atoms with Gasteiger partial charge in [0.15, 0.2) is 0 Å². The van der Waals surface area contributed by atoms with Gasteiger partial charge in [-0.15, -0.1) is 0 Å². The van der Waals surface area contributed by atoms with Crippen LogP contribution in [0.5, 0.6) is 0 Å². The van der Waals surface area contributed by atoms with Crippen molar-refractivity contribution in [1.82, 2.24) is 19.8 Å². The number of H-pyrrole nitrogens is 1. The highest BCUT2D eigenvalue weighted by Gasteiger charge is 2.37. The fourth-order valence-corrected chi connectivity index (χ4v) is 5.28. The van der Waals surface area contributed by atoms with Crippen molar-refractivity contribution >= 4 is 11.8 Å². The van der Waals surface area contributed by atoms with Crippen LogP contribution in [0.3, 0.4) is 0 Å². The molecule has 1 atom stereocenters. The third-order valence-corrected chi connectivity index (χ3v) is 7.14. The molecule has 3 fully saturated rings. The quantitative estimate of drug-likeness (QED) is 0.847. The van der Waals surface area contributed by atoms with Crippen LogP contribution in [-0.2, 0) is 22.6 Å². The van der Waals surface area contributed by atoms with E-state index in [9.17, 15) is 14.4 Å². The number of fused-ring (bicyclic) bond motifs is 1. The molecule has 0 bridgehead atoms. The number of aromatic nitrogens is 2. The zero-order chi connectivity index (χ0) is 20.0. The maximum absolute atomic E-state index is 13.1. The average molecular weight is 399 g/mol. The molecule has 5 rings (SSSR count). The molecular weight excluding hydrogens is 368 g/mol. The van der Waals surface area contributed by atoms with Crippen molar-refractivity contribution in [2.24, 2.45) is 11.8 Å². The number of nitrogens with one attached hydrogen (secondary N) is 1. The molecule has 2 aliphatic carbocycles. The van der Waals surface area contributed by atoms with E-state index >= 15 is 0 Å². The van der Waals surface area contributed by atoms with Crippen molar-refractivity contribution in [1.29, 1.82) is 0 Å². The molecule has 1 aromatic heterocycles. The highest BCUT2D eigenvalue weighted by atomic mass is 16.2. The van der Waals surface area contributed by atoms with Gasteiger partial charge in [-0.2, -0.15) is 0 Å². The summed E-state index contributed by atoms with van der Waals surface area (Å²) in [7, 11) is 0. The molecule has 0 radical (unpaired) electrons. The lowest BCUT2D eigenvalue weighted by Crippen LogP contribution is -2.44. The molecule has 0 spiro atoms. The molecule has 2 aliphatic heterocycles. The Bertz CT molecular complexity index is 869. The summed E-state index contributed by atoms with van der Waals surface area (Å²) in [5, 5.41) is 0. The summed E-state index contributed by atoms with van der Waals surface area (Å²) in [6.07, 6.45) is 9.63. The van der Waals surface area contributed by atoms with E-state index in [0.717, 1.165) is 70.0 Å². The molecule has 1 N–H and O–H groups in total. The van der Waals surface area contributed by atoms with E-state index in [1.807, 2.05) is 9.80 Å². The number of likely N-dealkylation sites (tertiary alicyclic amines) is 1. The first kappa shape index (κ1) is 18.8. The van der Waals surface area contributed by atoms with E-state index in [2.05, 4.69) is 4.98 Å². The number of carbonyl (C=O) groups is 2. The van der Waals surface area contributed by atoms with Crippen LogP contribution in [0, 0.1) is 11.8 Å². The molecular formula is C22H30N4O3. The molecule has 3 heterocycles. The number of amides is 2. The van der Waals surface area contributed by atoms with Crippen LogP contribution in [0.1, 0.15) is 80.9 Å².